The highest BCUT2D eigenvalue weighted by molar-refractivity contribution is 5.80. The van der Waals surface area contributed by atoms with Crippen molar-refractivity contribution in [2.75, 3.05) is 52.3 Å². The fourth-order valence-corrected chi connectivity index (χ4v) is 2.89. The molecular formula is C18H30N4O. The van der Waals surface area contributed by atoms with E-state index >= 15 is 0 Å². The molecule has 1 atom stereocenters. The van der Waals surface area contributed by atoms with Crippen LogP contribution in [0, 0.1) is 5.92 Å². The van der Waals surface area contributed by atoms with Crippen LogP contribution in [0.25, 0.3) is 0 Å². The van der Waals surface area contributed by atoms with Gasteiger partial charge in [0.25, 0.3) is 0 Å². The summed E-state index contributed by atoms with van der Waals surface area (Å²) in [5.74, 6) is 1.63. The third-order valence-corrected chi connectivity index (χ3v) is 4.19. The van der Waals surface area contributed by atoms with E-state index in [-0.39, 0.29) is 0 Å². The van der Waals surface area contributed by atoms with Crippen molar-refractivity contribution in [3.63, 3.8) is 0 Å². The van der Waals surface area contributed by atoms with E-state index < -0.39 is 0 Å². The van der Waals surface area contributed by atoms with Crippen LogP contribution < -0.4 is 10.2 Å². The molecule has 2 rings (SSSR count). The molecule has 128 valence electrons. The maximum Gasteiger partial charge on any atom is 0.194 e. The smallest absolute Gasteiger partial charge is 0.194 e. The standard InChI is InChI=1S/C18H30N4O/c1-5-19-18(22-11-10-16(13-22)14-23-4)20-12-15-6-8-17(9-7-15)21(2)3/h6-9,16H,5,10-14H2,1-4H3,(H,19,20). The van der Waals surface area contributed by atoms with Gasteiger partial charge in [-0.2, -0.15) is 0 Å². The fraction of sp³-hybridized carbons (Fsp3) is 0.611. The largest absolute Gasteiger partial charge is 0.384 e. The van der Waals surface area contributed by atoms with Crippen LogP contribution in [0.15, 0.2) is 29.3 Å². The molecular weight excluding hydrogens is 288 g/mol. The zero-order valence-electron chi connectivity index (χ0n) is 14.9. The minimum Gasteiger partial charge on any atom is -0.384 e. The second-order valence-corrected chi connectivity index (χ2v) is 6.29. The Kier molecular flexibility index (Phi) is 6.71. The average Bonchev–Trinajstić information content (AvgIpc) is 3.00. The predicted octanol–water partition coefficient (Wildman–Crippen LogP) is 2.19. The summed E-state index contributed by atoms with van der Waals surface area (Å²) in [7, 11) is 5.89. The molecule has 1 aliphatic heterocycles. The average molecular weight is 318 g/mol. The van der Waals surface area contributed by atoms with Crippen LogP contribution in [0.1, 0.15) is 18.9 Å². The van der Waals surface area contributed by atoms with Crippen molar-refractivity contribution in [1.82, 2.24) is 10.2 Å². The van der Waals surface area contributed by atoms with Crippen molar-refractivity contribution in [3.8, 4) is 0 Å². The lowest BCUT2D eigenvalue weighted by atomic mass is 10.1. The van der Waals surface area contributed by atoms with Crippen LogP contribution >= 0.6 is 0 Å². The molecule has 1 saturated heterocycles. The molecule has 5 heteroatoms. The van der Waals surface area contributed by atoms with Crippen LogP contribution in [0.4, 0.5) is 5.69 Å². The quantitative estimate of drug-likeness (QED) is 0.645. The molecule has 1 fully saturated rings. The molecule has 0 bridgehead atoms. The number of methoxy groups -OCH3 is 1. The van der Waals surface area contributed by atoms with Crippen molar-refractivity contribution in [1.29, 1.82) is 0 Å². The highest BCUT2D eigenvalue weighted by Gasteiger charge is 2.24. The summed E-state index contributed by atoms with van der Waals surface area (Å²) in [6.45, 7) is 6.63. The van der Waals surface area contributed by atoms with E-state index in [1.165, 1.54) is 17.7 Å². The first-order valence-electron chi connectivity index (χ1n) is 8.42. The molecule has 1 heterocycles. The summed E-state index contributed by atoms with van der Waals surface area (Å²) in [5.41, 5.74) is 2.45. The second-order valence-electron chi connectivity index (χ2n) is 6.29. The predicted molar refractivity (Wildman–Crippen MR) is 97.1 cm³/mol. The summed E-state index contributed by atoms with van der Waals surface area (Å²) in [6, 6.07) is 8.59. The molecule has 0 amide bonds. The van der Waals surface area contributed by atoms with Gasteiger partial charge in [0.05, 0.1) is 13.2 Å². The Morgan fingerprint density at radius 2 is 2.09 bits per heavy atom. The maximum atomic E-state index is 5.28. The van der Waals surface area contributed by atoms with Gasteiger partial charge in [-0.15, -0.1) is 0 Å². The van der Waals surface area contributed by atoms with Gasteiger partial charge < -0.3 is 19.9 Å². The van der Waals surface area contributed by atoms with Gasteiger partial charge in [-0.3, -0.25) is 0 Å². The number of benzene rings is 1. The minimum absolute atomic E-state index is 0.614. The van der Waals surface area contributed by atoms with Gasteiger partial charge in [-0.1, -0.05) is 12.1 Å². The van der Waals surface area contributed by atoms with Gasteiger partial charge in [-0.05, 0) is 31.0 Å². The molecule has 1 aromatic rings. The fourth-order valence-electron chi connectivity index (χ4n) is 2.89. The van der Waals surface area contributed by atoms with Gasteiger partial charge in [0.15, 0.2) is 5.96 Å². The molecule has 1 aromatic carbocycles. The normalized spacial score (nSPS) is 18.3. The molecule has 0 aliphatic carbocycles. The molecule has 23 heavy (non-hydrogen) atoms. The third-order valence-electron chi connectivity index (χ3n) is 4.19. The third kappa shape index (κ3) is 5.13. The number of hydrogen-bond donors (Lipinski definition) is 1. The van der Waals surface area contributed by atoms with Crippen molar-refractivity contribution in [2.45, 2.75) is 19.9 Å². The minimum atomic E-state index is 0.614. The topological polar surface area (TPSA) is 40.1 Å². The molecule has 1 aliphatic rings. The lowest BCUT2D eigenvalue weighted by Gasteiger charge is -2.21. The highest BCUT2D eigenvalue weighted by atomic mass is 16.5. The van der Waals surface area contributed by atoms with E-state index in [9.17, 15) is 0 Å². The summed E-state index contributed by atoms with van der Waals surface area (Å²) in [5, 5.41) is 3.41. The number of aliphatic imine (C=N–C) groups is 1. The van der Waals surface area contributed by atoms with E-state index in [1.807, 2.05) is 0 Å². The number of ether oxygens (including phenoxy) is 1. The first kappa shape index (κ1) is 17.6. The van der Waals surface area contributed by atoms with E-state index in [0.29, 0.717) is 12.5 Å². The van der Waals surface area contributed by atoms with Crippen LogP contribution in [-0.4, -0.2) is 58.3 Å². The lowest BCUT2D eigenvalue weighted by Crippen LogP contribution is -2.40. The second kappa shape index (κ2) is 8.77. The van der Waals surface area contributed by atoms with E-state index in [2.05, 4.69) is 60.4 Å². The Morgan fingerprint density at radius 3 is 2.70 bits per heavy atom. The Balaban J connectivity index is 1.98. The van der Waals surface area contributed by atoms with Crippen LogP contribution in [-0.2, 0) is 11.3 Å². The Morgan fingerprint density at radius 1 is 1.35 bits per heavy atom. The number of nitrogens with one attached hydrogen (secondary N) is 1. The van der Waals surface area contributed by atoms with E-state index in [4.69, 9.17) is 9.73 Å². The highest BCUT2D eigenvalue weighted by Crippen LogP contribution is 2.17. The van der Waals surface area contributed by atoms with Gasteiger partial charge in [0, 0.05) is 52.4 Å². The molecule has 1 unspecified atom stereocenters. The maximum absolute atomic E-state index is 5.28. The van der Waals surface area contributed by atoms with E-state index in [1.54, 1.807) is 7.11 Å². The Bertz CT molecular complexity index is 498. The molecule has 5 nitrogen and oxygen atoms in total. The zero-order chi connectivity index (χ0) is 16.7. The number of rotatable bonds is 6. The van der Waals surface area contributed by atoms with E-state index in [0.717, 1.165) is 32.2 Å². The summed E-state index contributed by atoms with van der Waals surface area (Å²) < 4.78 is 5.28. The van der Waals surface area contributed by atoms with Crippen molar-refractivity contribution < 1.29 is 4.74 Å². The Labute approximate surface area is 140 Å². The summed E-state index contributed by atoms with van der Waals surface area (Å²) in [6.07, 6.45) is 1.18. The number of hydrogen-bond acceptors (Lipinski definition) is 3. The van der Waals surface area contributed by atoms with Crippen molar-refractivity contribution in [2.24, 2.45) is 10.9 Å². The van der Waals surface area contributed by atoms with Gasteiger partial charge in [0.1, 0.15) is 0 Å². The number of likely N-dealkylation sites (tertiary alicyclic amines) is 1. The Hall–Kier alpha value is -1.75. The van der Waals surface area contributed by atoms with Crippen molar-refractivity contribution >= 4 is 11.6 Å². The number of anilines is 1. The summed E-state index contributed by atoms with van der Waals surface area (Å²) >= 11 is 0. The number of nitrogens with zero attached hydrogens (tertiary/aromatic N) is 3. The van der Waals surface area contributed by atoms with Gasteiger partial charge in [-0.25, -0.2) is 4.99 Å². The van der Waals surface area contributed by atoms with Crippen molar-refractivity contribution in [3.05, 3.63) is 29.8 Å². The van der Waals surface area contributed by atoms with Gasteiger partial charge >= 0.3 is 0 Å². The van der Waals surface area contributed by atoms with Gasteiger partial charge in [0.2, 0.25) is 0 Å². The van der Waals surface area contributed by atoms with Crippen LogP contribution in [0.5, 0.6) is 0 Å². The first-order chi connectivity index (χ1) is 11.1. The van der Waals surface area contributed by atoms with Crippen LogP contribution in [0.2, 0.25) is 0 Å². The number of guanidine groups is 1. The zero-order valence-corrected chi connectivity index (χ0v) is 14.9. The monoisotopic (exact) mass is 318 g/mol. The molecule has 0 radical (unpaired) electrons. The molecule has 0 spiro atoms. The summed E-state index contributed by atoms with van der Waals surface area (Å²) in [4.78, 5) is 9.27. The molecule has 0 saturated carbocycles. The van der Waals surface area contributed by atoms with Crippen LogP contribution in [0.3, 0.4) is 0 Å². The lowest BCUT2D eigenvalue weighted by molar-refractivity contribution is 0.157. The molecule has 1 N–H and O–H groups in total. The molecule has 0 aromatic heterocycles. The first-order valence-corrected chi connectivity index (χ1v) is 8.42. The SMILES string of the molecule is CCNC(=NCc1ccc(N(C)C)cc1)N1CCC(COC)C1.